The summed E-state index contributed by atoms with van der Waals surface area (Å²) in [4.78, 5) is 29.5. The molecule has 298 valence electrons. The molecule has 1 amide bonds. The minimum atomic E-state index is -0.670. The van der Waals surface area contributed by atoms with Gasteiger partial charge in [0.05, 0.1) is 52.8 Å². The number of likely N-dealkylation sites (tertiary alicyclic amines) is 1. The smallest absolute Gasteiger partial charge is 0.410 e. The maximum absolute atomic E-state index is 13.4. The van der Waals surface area contributed by atoms with Crippen LogP contribution in [0.3, 0.4) is 0 Å². The molecule has 0 aliphatic carbocycles. The van der Waals surface area contributed by atoms with Crippen molar-refractivity contribution in [2.75, 3.05) is 65.0 Å². The molecule has 2 aromatic carbocycles. The van der Waals surface area contributed by atoms with Crippen molar-refractivity contribution in [3.8, 4) is 29.0 Å². The van der Waals surface area contributed by atoms with Crippen LogP contribution in [0.2, 0.25) is 5.02 Å². The van der Waals surface area contributed by atoms with Crippen LogP contribution in [0.5, 0.6) is 11.8 Å². The fourth-order valence-corrected chi connectivity index (χ4v) is 8.85. The number of piperazine rings is 1. The number of rotatable bonds is 7. The number of hydrogen-bond acceptors (Lipinski definition) is 12. The predicted molar refractivity (Wildman–Crippen MR) is 213 cm³/mol. The molecule has 0 spiro atoms. The lowest BCUT2D eigenvalue weighted by Crippen LogP contribution is -2.56. The lowest BCUT2D eigenvalue weighted by atomic mass is 9.89. The van der Waals surface area contributed by atoms with Crippen LogP contribution < -0.4 is 14.4 Å². The summed E-state index contributed by atoms with van der Waals surface area (Å²) < 4.78 is 33.0. The second kappa shape index (κ2) is 15.5. The number of nitriles is 1. The van der Waals surface area contributed by atoms with Gasteiger partial charge in [-0.3, -0.25) is 4.90 Å². The van der Waals surface area contributed by atoms with Gasteiger partial charge in [-0.05, 0) is 90.1 Å². The van der Waals surface area contributed by atoms with Crippen LogP contribution in [-0.2, 0) is 20.6 Å². The molecule has 4 aliphatic heterocycles. The first-order chi connectivity index (χ1) is 26.9. The summed E-state index contributed by atoms with van der Waals surface area (Å²) in [6, 6.07) is 6.26. The highest BCUT2D eigenvalue weighted by Gasteiger charge is 2.38. The Balaban J connectivity index is 1.29. The molecule has 0 N–H and O–H groups in total. The molecule has 8 rings (SSSR count). The zero-order valence-corrected chi connectivity index (χ0v) is 33.9. The fraction of sp³-hybridized carbons (Fsp3) is 0.585. The number of likely N-dealkylation sites (N-methyl/N-ethyl adjacent to an activating group) is 1. The number of amides is 1. The van der Waals surface area contributed by atoms with Gasteiger partial charge in [-0.2, -0.15) is 20.3 Å². The number of aromatic nitrogens is 4. The monoisotopic (exact) mass is 786 g/mol. The largest absolute Gasteiger partial charge is 0.492 e. The number of ether oxygens (including phenoxy) is 5. The van der Waals surface area contributed by atoms with Crippen LogP contribution >= 0.6 is 11.6 Å². The van der Waals surface area contributed by atoms with Crippen LogP contribution in [0.4, 0.5) is 10.6 Å². The topological polar surface area (TPSA) is 140 Å². The Labute approximate surface area is 332 Å². The fourth-order valence-electron chi connectivity index (χ4n) is 8.59. The predicted octanol–water partition coefficient (Wildman–Crippen LogP) is 6.68. The van der Waals surface area contributed by atoms with Gasteiger partial charge in [0.1, 0.15) is 29.4 Å². The van der Waals surface area contributed by atoms with Gasteiger partial charge in [-0.25, -0.2) is 9.48 Å². The molecule has 4 atom stereocenters. The summed E-state index contributed by atoms with van der Waals surface area (Å²) >= 11 is 7.30. The van der Waals surface area contributed by atoms with E-state index in [9.17, 15) is 10.1 Å². The normalized spacial score (nSPS) is 23.2. The Kier molecular flexibility index (Phi) is 10.6. The maximum atomic E-state index is 13.4. The maximum Gasteiger partial charge on any atom is 0.410 e. The summed E-state index contributed by atoms with van der Waals surface area (Å²) in [5, 5.41) is 17.1. The van der Waals surface area contributed by atoms with Gasteiger partial charge in [-0.1, -0.05) is 11.6 Å². The number of anilines is 1. The number of benzene rings is 2. The van der Waals surface area contributed by atoms with Gasteiger partial charge in [0.15, 0.2) is 6.23 Å². The van der Waals surface area contributed by atoms with E-state index in [1.54, 1.807) is 12.0 Å². The third-order valence-corrected chi connectivity index (χ3v) is 11.7. The molecule has 4 aromatic rings. The molecule has 6 heterocycles. The van der Waals surface area contributed by atoms with E-state index in [1.165, 1.54) is 0 Å². The zero-order valence-electron chi connectivity index (χ0n) is 33.1. The summed E-state index contributed by atoms with van der Waals surface area (Å²) in [5.41, 5.74) is 4.71. The molecule has 3 fully saturated rings. The van der Waals surface area contributed by atoms with Crippen molar-refractivity contribution < 1.29 is 28.5 Å². The number of carbonyl (C=O) groups is 1. The highest BCUT2D eigenvalue weighted by molar-refractivity contribution is 6.36. The molecule has 0 saturated carbocycles. The average Bonchev–Trinajstić information content (AvgIpc) is 3.76. The Morgan fingerprint density at radius 1 is 1.09 bits per heavy atom. The van der Waals surface area contributed by atoms with Gasteiger partial charge in [0.2, 0.25) is 0 Å². The second-order valence-corrected chi connectivity index (χ2v) is 16.8. The van der Waals surface area contributed by atoms with Crippen molar-refractivity contribution >= 4 is 45.3 Å². The molecule has 3 saturated heterocycles. The van der Waals surface area contributed by atoms with Crippen LogP contribution in [0, 0.1) is 18.3 Å². The molecule has 0 radical (unpaired) electrons. The summed E-state index contributed by atoms with van der Waals surface area (Å²) in [6.07, 6.45) is 5.63. The number of carbonyl (C=O) groups excluding carboxylic acids is 1. The highest BCUT2D eigenvalue weighted by atomic mass is 35.5. The van der Waals surface area contributed by atoms with E-state index in [0.717, 1.165) is 77.2 Å². The third kappa shape index (κ3) is 7.30. The molecule has 1 unspecified atom stereocenters. The Morgan fingerprint density at radius 3 is 2.66 bits per heavy atom. The lowest BCUT2D eigenvalue weighted by Gasteiger charge is -2.41. The van der Waals surface area contributed by atoms with Crippen molar-refractivity contribution in [3.05, 3.63) is 34.5 Å². The van der Waals surface area contributed by atoms with Gasteiger partial charge in [-0.15, -0.1) is 0 Å². The average molecular weight is 787 g/mol. The summed E-state index contributed by atoms with van der Waals surface area (Å²) in [5.74, 6) is 1.34. The second-order valence-electron chi connectivity index (χ2n) is 16.4. The number of hydrogen-bond donors (Lipinski definition) is 0. The van der Waals surface area contributed by atoms with E-state index < -0.39 is 17.7 Å². The zero-order chi connectivity index (χ0) is 39.3. The van der Waals surface area contributed by atoms with Gasteiger partial charge >= 0.3 is 12.1 Å². The number of nitrogens with zero attached hydrogens (tertiary/aromatic N) is 8. The molecular weight excluding hydrogens is 736 g/mol. The van der Waals surface area contributed by atoms with E-state index in [0.29, 0.717) is 61.5 Å². The minimum Gasteiger partial charge on any atom is -0.492 e. The lowest BCUT2D eigenvalue weighted by molar-refractivity contribution is -0.0366. The van der Waals surface area contributed by atoms with Gasteiger partial charge in [0.25, 0.3) is 0 Å². The van der Waals surface area contributed by atoms with Crippen molar-refractivity contribution in [2.45, 2.75) is 96.3 Å². The van der Waals surface area contributed by atoms with E-state index in [-0.39, 0.29) is 30.9 Å². The van der Waals surface area contributed by atoms with Crippen molar-refractivity contribution in [1.82, 2.24) is 29.5 Å². The number of aryl methyl sites for hydroxylation is 1. The van der Waals surface area contributed by atoms with Crippen LogP contribution in [-0.4, -0.2) is 120 Å². The molecule has 0 bridgehead atoms. The van der Waals surface area contributed by atoms with E-state index in [1.807, 2.05) is 45.6 Å². The van der Waals surface area contributed by atoms with Gasteiger partial charge < -0.3 is 33.5 Å². The quantitative estimate of drug-likeness (QED) is 0.197. The van der Waals surface area contributed by atoms with Crippen LogP contribution in [0.25, 0.3) is 32.9 Å². The van der Waals surface area contributed by atoms with Crippen molar-refractivity contribution in [1.29, 1.82) is 5.26 Å². The van der Waals surface area contributed by atoms with E-state index in [2.05, 4.69) is 28.0 Å². The molecule has 4 aliphatic rings. The first-order valence-electron chi connectivity index (χ1n) is 19.7. The van der Waals surface area contributed by atoms with E-state index in [4.69, 9.17) is 50.4 Å². The molecule has 2 aromatic heterocycles. The van der Waals surface area contributed by atoms with Crippen molar-refractivity contribution in [3.63, 3.8) is 0 Å². The van der Waals surface area contributed by atoms with Crippen LogP contribution in [0.1, 0.15) is 70.2 Å². The molecule has 15 heteroatoms. The summed E-state index contributed by atoms with van der Waals surface area (Å²) in [7, 11) is 3.73. The number of fused-ring (bicyclic) bond motifs is 4. The summed E-state index contributed by atoms with van der Waals surface area (Å²) in [6.45, 7) is 11.3. The first-order valence-corrected chi connectivity index (χ1v) is 20.1. The SMILES string of the molecule is CO[C@H]1CN(C)C[C@@H]1Oc1nc(N2CCN(C(=O)OC(C)(C)C)[C@@H](CC#N)C2)c2c3c(c(-c4c(Cl)c(C)cc5c4cnn5C4CCCCO4)cc2n1)CCCO3. The molecule has 14 nitrogen and oxygen atoms in total. The Hall–Kier alpha value is -4.42. The number of halogens is 1. The molecular formula is C41H51ClN8O6. The van der Waals surface area contributed by atoms with Crippen LogP contribution in [0.15, 0.2) is 18.3 Å². The molecule has 56 heavy (non-hydrogen) atoms. The number of methoxy groups -OCH3 is 1. The standard InChI is InChI=1S/C41H51ClN8O6/c1-24-18-30-28(20-44-50(30)33-11-7-8-16-53-33)34(36(24)42)27-19-29-35(37-26(27)10-9-17-54-37)38(46-39(45-29)55-32-23-47(5)22-31(32)52-6)48-14-15-49(25(21-48)12-13-43)40(51)56-41(2,3)4/h18-20,25,31-33H,7-12,14-17,21-23H2,1-6H3/t25-,31-,32-,33?/m0/s1. The van der Waals surface area contributed by atoms with E-state index >= 15 is 0 Å². The Morgan fingerprint density at radius 2 is 1.91 bits per heavy atom. The highest BCUT2D eigenvalue weighted by Crippen LogP contribution is 2.48. The Bertz CT molecular complexity index is 2180. The first kappa shape index (κ1) is 38.5. The third-order valence-electron chi connectivity index (χ3n) is 11.2. The van der Waals surface area contributed by atoms with Crippen molar-refractivity contribution in [2.24, 2.45) is 0 Å². The van der Waals surface area contributed by atoms with Gasteiger partial charge in [0, 0.05) is 63.0 Å². The minimum absolute atomic E-state index is 0.131.